The van der Waals surface area contributed by atoms with E-state index in [1.165, 1.54) is 18.3 Å². The first kappa shape index (κ1) is 22.6. The molecule has 168 valence electrons. The lowest BCUT2D eigenvalue weighted by Gasteiger charge is -2.07. The highest BCUT2D eigenvalue weighted by molar-refractivity contribution is 7.89. The molecule has 3 aromatic carbocycles. The van der Waals surface area contributed by atoms with E-state index < -0.39 is 10.0 Å². The number of nitrogens with one attached hydrogen (secondary N) is 2. The van der Waals surface area contributed by atoms with E-state index in [1.54, 1.807) is 47.2 Å². The molecule has 0 aliphatic carbocycles. The first-order valence-corrected chi connectivity index (χ1v) is 11.9. The first-order valence-electron chi connectivity index (χ1n) is 10.1. The fourth-order valence-electron chi connectivity index (χ4n) is 3.33. The number of nitrogens with zero attached hydrogens (tertiary/aromatic N) is 2. The van der Waals surface area contributed by atoms with Crippen molar-refractivity contribution >= 4 is 50.3 Å². The number of carbonyl (C=O) groups is 1. The molecule has 0 unspecified atom stereocenters. The summed E-state index contributed by atoms with van der Waals surface area (Å²) in [6, 6.07) is 20.9. The largest absolute Gasteiger partial charge is 0.337 e. The minimum absolute atomic E-state index is 0.0755. The molecule has 4 rings (SSSR count). The molecule has 9 heteroatoms. The van der Waals surface area contributed by atoms with Crippen LogP contribution in [0.2, 0.25) is 5.02 Å². The van der Waals surface area contributed by atoms with Gasteiger partial charge in [0, 0.05) is 33.4 Å². The summed E-state index contributed by atoms with van der Waals surface area (Å²) >= 11 is 5.88. The van der Waals surface area contributed by atoms with Gasteiger partial charge in [-0.05, 0) is 49.4 Å². The minimum atomic E-state index is -3.78. The summed E-state index contributed by atoms with van der Waals surface area (Å²) in [5.41, 5.74) is 3.11. The Labute approximate surface area is 196 Å². The topological polar surface area (TPSA) is 92.6 Å². The van der Waals surface area contributed by atoms with E-state index in [2.05, 4.69) is 15.2 Å². The van der Waals surface area contributed by atoms with Crippen LogP contribution in [0.1, 0.15) is 11.1 Å². The zero-order valence-electron chi connectivity index (χ0n) is 17.7. The third-order valence-corrected chi connectivity index (χ3v) is 6.46. The smallest absolute Gasteiger partial charge is 0.276 e. The van der Waals surface area contributed by atoms with Gasteiger partial charge in [0.2, 0.25) is 5.91 Å². The number of aromatic nitrogens is 1. The van der Waals surface area contributed by atoms with E-state index in [4.69, 9.17) is 11.6 Å². The van der Waals surface area contributed by atoms with Crippen molar-refractivity contribution in [2.24, 2.45) is 5.10 Å². The first-order chi connectivity index (χ1) is 15.8. The van der Waals surface area contributed by atoms with Crippen molar-refractivity contribution in [3.63, 3.8) is 0 Å². The van der Waals surface area contributed by atoms with Crippen LogP contribution >= 0.6 is 11.6 Å². The van der Waals surface area contributed by atoms with Gasteiger partial charge in [-0.25, -0.2) is 4.83 Å². The molecule has 0 saturated carbocycles. The van der Waals surface area contributed by atoms with Crippen LogP contribution in [0.25, 0.3) is 10.9 Å². The van der Waals surface area contributed by atoms with Crippen LogP contribution in [0.3, 0.4) is 0 Å². The van der Waals surface area contributed by atoms with E-state index in [-0.39, 0.29) is 17.3 Å². The van der Waals surface area contributed by atoms with Crippen LogP contribution in [0.5, 0.6) is 0 Å². The van der Waals surface area contributed by atoms with Gasteiger partial charge in [0.1, 0.15) is 6.54 Å². The molecule has 1 amide bonds. The lowest BCUT2D eigenvalue weighted by Crippen LogP contribution is -2.18. The average Bonchev–Trinajstić information content (AvgIpc) is 3.13. The van der Waals surface area contributed by atoms with E-state index in [9.17, 15) is 13.2 Å². The van der Waals surface area contributed by atoms with Gasteiger partial charge in [0.25, 0.3) is 10.0 Å². The number of carbonyl (C=O) groups excluding carboxylic acids is 1. The van der Waals surface area contributed by atoms with Crippen LogP contribution in [0.15, 0.2) is 89.0 Å². The van der Waals surface area contributed by atoms with Gasteiger partial charge < -0.3 is 9.88 Å². The molecule has 0 saturated heterocycles. The standard InChI is InChI=1S/C24H21ClN4O3S/c1-17-6-12-21(13-7-17)33(31,32)28-26-14-18-15-29(23-5-3-2-4-22(18)23)16-24(30)27-20-10-8-19(25)9-11-20/h2-15,28H,16H2,1H3,(H,27,30)/b26-14+. The predicted molar refractivity (Wildman–Crippen MR) is 131 cm³/mol. The van der Waals surface area contributed by atoms with Gasteiger partial charge in [0.05, 0.1) is 11.1 Å². The molecule has 0 spiro atoms. The highest BCUT2D eigenvalue weighted by Crippen LogP contribution is 2.21. The van der Waals surface area contributed by atoms with Gasteiger partial charge in [-0.15, -0.1) is 0 Å². The molecule has 1 aromatic heterocycles. The maximum Gasteiger partial charge on any atom is 0.276 e. The average molecular weight is 481 g/mol. The highest BCUT2D eigenvalue weighted by atomic mass is 35.5. The van der Waals surface area contributed by atoms with Gasteiger partial charge in [-0.1, -0.05) is 47.5 Å². The molecule has 0 fully saturated rings. The van der Waals surface area contributed by atoms with E-state index in [0.29, 0.717) is 16.3 Å². The third-order valence-electron chi connectivity index (χ3n) is 4.97. The zero-order valence-corrected chi connectivity index (χ0v) is 19.3. The highest BCUT2D eigenvalue weighted by Gasteiger charge is 2.13. The minimum Gasteiger partial charge on any atom is -0.337 e. The molecular formula is C24H21ClN4O3S. The second-order valence-electron chi connectivity index (χ2n) is 7.45. The van der Waals surface area contributed by atoms with Gasteiger partial charge in [-0.3, -0.25) is 4.79 Å². The van der Waals surface area contributed by atoms with Crippen molar-refractivity contribution in [2.75, 3.05) is 5.32 Å². The molecule has 0 aliphatic heterocycles. The van der Waals surface area contributed by atoms with E-state index >= 15 is 0 Å². The molecule has 2 N–H and O–H groups in total. The maximum atomic E-state index is 12.6. The third kappa shape index (κ3) is 5.42. The number of fused-ring (bicyclic) bond motifs is 1. The Hall–Kier alpha value is -3.62. The normalized spacial score (nSPS) is 11.7. The van der Waals surface area contributed by atoms with Crippen LogP contribution in [-0.2, 0) is 21.4 Å². The maximum absolute atomic E-state index is 12.6. The van der Waals surface area contributed by atoms with Crippen LogP contribution < -0.4 is 10.1 Å². The SMILES string of the molecule is Cc1ccc(S(=O)(=O)N/N=C/c2cn(CC(=O)Nc3ccc(Cl)cc3)c3ccccc23)cc1. The van der Waals surface area contributed by atoms with Crippen molar-refractivity contribution < 1.29 is 13.2 Å². The van der Waals surface area contributed by atoms with Gasteiger partial charge in [-0.2, -0.15) is 13.5 Å². The van der Waals surface area contributed by atoms with Gasteiger partial charge >= 0.3 is 0 Å². The number of rotatable bonds is 7. The number of halogens is 1. The fraction of sp³-hybridized carbons (Fsp3) is 0.0833. The van der Waals surface area contributed by atoms with E-state index in [1.807, 2.05) is 31.2 Å². The Balaban J connectivity index is 1.52. The summed E-state index contributed by atoms with van der Waals surface area (Å²) in [4.78, 5) is 14.9. The number of amides is 1. The van der Waals surface area contributed by atoms with Crippen molar-refractivity contribution in [3.8, 4) is 0 Å². The summed E-state index contributed by atoms with van der Waals surface area (Å²) in [6.45, 7) is 1.96. The Bertz CT molecular complexity index is 1430. The summed E-state index contributed by atoms with van der Waals surface area (Å²) in [5, 5.41) is 8.21. The Morgan fingerprint density at radius 1 is 1.03 bits per heavy atom. The second-order valence-corrected chi connectivity index (χ2v) is 9.55. The molecule has 0 radical (unpaired) electrons. The lowest BCUT2D eigenvalue weighted by molar-refractivity contribution is -0.116. The molecule has 0 bridgehead atoms. The van der Waals surface area contributed by atoms with Crippen LogP contribution in [-0.4, -0.2) is 25.1 Å². The summed E-state index contributed by atoms with van der Waals surface area (Å²) in [6.07, 6.45) is 3.19. The molecular weight excluding hydrogens is 460 g/mol. The second kappa shape index (κ2) is 9.48. The molecule has 33 heavy (non-hydrogen) atoms. The Kier molecular flexibility index (Phi) is 6.48. The molecule has 4 aromatic rings. The number of hydrazone groups is 1. The number of sulfonamides is 1. The fourth-order valence-corrected chi connectivity index (χ4v) is 4.25. The number of hydrogen-bond donors (Lipinski definition) is 2. The van der Waals surface area contributed by atoms with Crippen LogP contribution in [0, 0.1) is 6.92 Å². The predicted octanol–water partition coefficient (Wildman–Crippen LogP) is 4.55. The Morgan fingerprint density at radius 2 is 1.73 bits per heavy atom. The number of hydrogen-bond acceptors (Lipinski definition) is 4. The summed E-state index contributed by atoms with van der Waals surface area (Å²) in [7, 11) is -3.78. The van der Waals surface area contributed by atoms with Crippen molar-refractivity contribution in [1.29, 1.82) is 0 Å². The molecule has 0 aliphatic rings. The monoisotopic (exact) mass is 480 g/mol. The summed E-state index contributed by atoms with van der Waals surface area (Å²) in [5.74, 6) is -0.207. The van der Waals surface area contributed by atoms with Crippen molar-refractivity contribution in [3.05, 3.63) is 95.1 Å². The van der Waals surface area contributed by atoms with Crippen LogP contribution in [0.4, 0.5) is 5.69 Å². The van der Waals surface area contributed by atoms with Gasteiger partial charge in [0.15, 0.2) is 0 Å². The quantitative estimate of drug-likeness (QED) is 0.300. The molecule has 0 atom stereocenters. The summed E-state index contributed by atoms with van der Waals surface area (Å²) < 4.78 is 26.7. The zero-order chi connectivity index (χ0) is 23.4. The number of aryl methyl sites for hydroxylation is 1. The molecule has 7 nitrogen and oxygen atoms in total. The van der Waals surface area contributed by atoms with Crippen molar-refractivity contribution in [1.82, 2.24) is 9.40 Å². The lowest BCUT2D eigenvalue weighted by atomic mass is 10.2. The Morgan fingerprint density at radius 3 is 2.45 bits per heavy atom. The van der Waals surface area contributed by atoms with E-state index in [0.717, 1.165) is 16.5 Å². The number of benzene rings is 3. The number of anilines is 1. The molecule has 1 heterocycles. The van der Waals surface area contributed by atoms with Crippen molar-refractivity contribution in [2.45, 2.75) is 18.4 Å². The number of para-hydroxylation sites is 1.